The molecular formula is C33H33ClF3NO8. The van der Waals surface area contributed by atoms with Crippen molar-refractivity contribution in [3.8, 4) is 34.5 Å². The first kappa shape index (κ1) is 34.5. The Hall–Kier alpha value is -4.42. The highest BCUT2D eigenvalue weighted by atomic mass is 35.5. The van der Waals surface area contributed by atoms with Crippen molar-refractivity contribution in [1.29, 1.82) is 0 Å². The first-order valence-electron chi connectivity index (χ1n) is 14.3. The summed E-state index contributed by atoms with van der Waals surface area (Å²) in [5.41, 5.74) is -1.33. The topological polar surface area (TPSA) is 96.7 Å². The van der Waals surface area contributed by atoms with Crippen LogP contribution in [0.5, 0.6) is 34.5 Å². The van der Waals surface area contributed by atoms with E-state index in [1.807, 2.05) is 18.7 Å². The van der Waals surface area contributed by atoms with Crippen LogP contribution in [0.1, 0.15) is 48.4 Å². The number of benzene rings is 3. The van der Waals surface area contributed by atoms with E-state index in [0.717, 1.165) is 12.8 Å². The van der Waals surface area contributed by atoms with Crippen LogP contribution in [0.25, 0.3) is 11.0 Å². The zero-order valence-corrected chi connectivity index (χ0v) is 26.6. The maximum absolute atomic E-state index is 14.4. The van der Waals surface area contributed by atoms with Crippen LogP contribution in [0.15, 0.2) is 57.7 Å². The number of alkyl halides is 3. The molecule has 0 aliphatic heterocycles. The van der Waals surface area contributed by atoms with Gasteiger partial charge in [-0.1, -0.05) is 25.4 Å². The molecule has 3 aromatic carbocycles. The van der Waals surface area contributed by atoms with E-state index in [2.05, 4.69) is 0 Å². The Balaban J connectivity index is 1.91. The lowest BCUT2D eigenvalue weighted by Crippen LogP contribution is -2.26. The van der Waals surface area contributed by atoms with Gasteiger partial charge in [0.1, 0.15) is 17.1 Å². The van der Waals surface area contributed by atoms with Crippen molar-refractivity contribution in [2.75, 3.05) is 34.4 Å². The van der Waals surface area contributed by atoms with Crippen molar-refractivity contribution in [2.24, 2.45) is 0 Å². The largest absolute Gasteiger partial charge is 0.493 e. The lowest BCUT2D eigenvalue weighted by atomic mass is 10.1. The van der Waals surface area contributed by atoms with Gasteiger partial charge in [0.05, 0.1) is 37.8 Å². The van der Waals surface area contributed by atoms with E-state index in [-0.39, 0.29) is 57.4 Å². The molecule has 0 bridgehead atoms. The van der Waals surface area contributed by atoms with E-state index >= 15 is 0 Å². The number of ether oxygens (including phenoxy) is 5. The summed E-state index contributed by atoms with van der Waals surface area (Å²) in [5.74, 6) is -3.03. The molecule has 0 saturated heterocycles. The standard InChI is InChI=1S/C33H33ClF3NO8/c1-6-14-38(15-7-2)18-23-24(45-32(40)19-16-25(41-3)29(43-5)26(17-19)42-4)13-12-22-27(39)30(31(33(35,36)37)46-28(22)23)44-21-10-8-20(34)9-11-21/h8-13,16-17H,6-7,14-15,18H2,1-5H3. The van der Waals surface area contributed by atoms with Gasteiger partial charge < -0.3 is 28.1 Å². The van der Waals surface area contributed by atoms with Crippen LogP contribution >= 0.6 is 11.6 Å². The fourth-order valence-electron chi connectivity index (χ4n) is 4.91. The summed E-state index contributed by atoms with van der Waals surface area (Å²) < 4.78 is 76.0. The van der Waals surface area contributed by atoms with Gasteiger partial charge >= 0.3 is 12.1 Å². The fourth-order valence-corrected chi connectivity index (χ4v) is 5.03. The lowest BCUT2D eigenvalue weighted by Gasteiger charge is -2.23. The number of rotatable bonds is 13. The zero-order chi connectivity index (χ0) is 33.6. The molecule has 13 heteroatoms. The van der Waals surface area contributed by atoms with Crippen molar-refractivity contribution in [2.45, 2.75) is 39.4 Å². The monoisotopic (exact) mass is 663 g/mol. The molecule has 0 aliphatic carbocycles. The maximum Gasteiger partial charge on any atom is 0.453 e. The predicted octanol–water partition coefficient (Wildman–Crippen LogP) is 8.12. The Bertz CT molecular complexity index is 1720. The van der Waals surface area contributed by atoms with E-state index in [1.165, 1.54) is 69.9 Å². The van der Waals surface area contributed by atoms with Crippen LogP contribution in [-0.2, 0) is 12.7 Å². The first-order chi connectivity index (χ1) is 21.9. The summed E-state index contributed by atoms with van der Waals surface area (Å²) in [4.78, 5) is 29.1. The number of carbonyl (C=O) groups is 1. The predicted molar refractivity (Wildman–Crippen MR) is 166 cm³/mol. The van der Waals surface area contributed by atoms with Crippen LogP contribution < -0.4 is 29.1 Å². The van der Waals surface area contributed by atoms with E-state index in [4.69, 9.17) is 39.7 Å². The number of halogens is 4. The number of hydrogen-bond acceptors (Lipinski definition) is 9. The summed E-state index contributed by atoms with van der Waals surface area (Å²) in [7, 11) is 4.18. The van der Waals surface area contributed by atoms with Crippen LogP contribution in [0.2, 0.25) is 5.02 Å². The molecule has 46 heavy (non-hydrogen) atoms. The van der Waals surface area contributed by atoms with E-state index in [1.54, 1.807) is 0 Å². The number of fused-ring (bicyclic) bond motifs is 1. The van der Waals surface area contributed by atoms with Gasteiger partial charge in [-0.3, -0.25) is 9.69 Å². The minimum Gasteiger partial charge on any atom is -0.493 e. The highest BCUT2D eigenvalue weighted by Gasteiger charge is 2.41. The van der Waals surface area contributed by atoms with Crippen LogP contribution in [0, 0.1) is 0 Å². The quantitative estimate of drug-likeness (QED) is 0.104. The van der Waals surface area contributed by atoms with Crippen molar-refractivity contribution in [3.63, 3.8) is 0 Å². The number of carbonyl (C=O) groups excluding carboxylic acids is 1. The summed E-state index contributed by atoms with van der Waals surface area (Å²) in [6.07, 6.45) is -3.63. The van der Waals surface area contributed by atoms with Gasteiger partial charge in [-0.2, -0.15) is 13.2 Å². The summed E-state index contributed by atoms with van der Waals surface area (Å²) in [6, 6.07) is 10.8. The van der Waals surface area contributed by atoms with Gasteiger partial charge in [-0.15, -0.1) is 0 Å². The normalized spacial score (nSPS) is 11.5. The van der Waals surface area contributed by atoms with Gasteiger partial charge in [-0.05, 0) is 74.5 Å². The average Bonchev–Trinajstić information content (AvgIpc) is 3.03. The second kappa shape index (κ2) is 14.8. The minimum absolute atomic E-state index is 0.0173. The number of esters is 1. The third kappa shape index (κ3) is 7.51. The Kier molecular flexibility index (Phi) is 11.1. The van der Waals surface area contributed by atoms with Crippen molar-refractivity contribution >= 4 is 28.5 Å². The number of hydrogen-bond donors (Lipinski definition) is 0. The van der Waals surface area contributed by atoms with Crippen molar-refractivity contribution < 1.29 is 46.1 Å². The third-order valence-electron chi connectivity index (χ3n) is 6.93. The second-order valence-corrected chi connectivity index (χ2v) is 10.6. The summed E-state index contributed by atoms with van der Waals surface area (Å²) in [5, 5.41) is 0.142. The maximum atomic E-state index is 14.4. The van der Waals surface area contributed by atoms with Crippen LogP contribution in [0.3, 0.4) is 0 Å². The van der Waals surface area contributed by atoms with E-state index in [9.17, 15) is 22.8 Å². The molecule has 0 atom stereocenters. The fraction of sp³-hybridized carbons (Fsp3) is 0.333. The molecule has 246 valence electrons. The Morgan fingerprint density at radius 3 is 2.00 bits per heavy atom. The molecule has 0 N–H and O–H groups in total. The SMILES string of the molecule is CCCN(CCC)Cc1c(OC(=O)c2cc(OC)c(OC)c(OC)c2)ccc2c(=O)c(Oc3ccc(Cl)cc3)c(C(F)(F)F)oc12. The molecule has 1 aromatic heterocycles. The van der Waals surface area contributed by atoms with Crippen molar-refractivity contribution in [1.82, 2.24) is 4.90 Å². The molecule has 0 aliphatic rings. The van der Waals surface area contributed by atoms with Gasteiger partial charge in [0.2, 0.25) is 16.9 Å². The molecule has 9 nitrogen and oxygen atoms in total. The number of methoxy groups -OCH3 is 3. The van der Waals surface area contributed by atoms with Gasteiger partial charge in [-0.25, -0.2) is 4.79 Å². The molecule has 0 saturated carbocycles. The molecule has 0 radical (unpaired) electrons. The highest BCUT2D eigenvalue weighted by molar-refractivity contribution is 6.30. The second-order valence-electron chi connectivity index (χ2n) is 10.1. The van der Waals surface area contributed by atoms with E-state index < -0.39 is 29.1 Å². The molecule has 0 fully saturated rings. The van der Waals surface area contributed by atoms with Gasteiger partial charge in [0, 0.05) is 11.6 Å². The molecule has 4 aromatic rings. The molecular weight excluding hydrogens is 631 g/mol. The Labute approximate surface area is 268 Å². The molecule has 0 amide bonds. The number of nitrogens with zero attached hydrogens (tertiary/aromatic N) is 1. The van der Waals surface area contributed by atoms with Gasteiger partial charge in [0.15, 0.2) is 11.5 Å². The Morgan fingerprint density at radius 2 is 1.48 bits per heavy atom. The average molecular weight is 664 g/mol. The molecule has 0 spiro atoms. The van der Waals surface area contributed by atoms with E-state index in [0.29, 0.717) is 18.1 Å². The van der Waals surface area contributed by atoms with Crippen LogP contribution in [-0.4, -0.2) is 45.3 Å². The summed E-state index contributed by atoms with van der Waals surface area (Å²) in [6.45, 7) is 5.10. The van der Waals surface area contributed by atoms with Crippen molar-refractivity contribution in [3.05, 3.63) is 80.7 Å². The first-order valence-corrected chi connectivity index (χ1v) is 14.7. The van der Waals surface area contributed by atoms with Crippen LogP contribution in [0.4, 0.5) is 13.2 Å². The molecule has 0 unspecified atom stereocenters. The summed E-state index contributed by atoms with van der Waals surface area (Å²) >= 11 is 5.89. The lowest BCUT2D eigenvalue weighted by molar-refractivity contribution is -0.154. The highest BCUT2D eigenvalue weighted by Crippen LogP contribution is 2.41. The zero-order valence-electron chi connectivity index (χ0n) is 25.9. The smallest absolute Gasteiger partial charge is 0.453 e. The molecule has 4 rings (SSSR count). The Morgan fingerprint density at radius 1 is 0.870 bits per heavy atom. The third-order valence-corrected chi connectivity index (χ3v) is 7.19. The minimum atomic E-state index is -5.11. The van der Waals surface area contributed by atoms with Gasteiger partial charge in [0.25, 0.3) is 5.76 Å². The molecule has 1 heterocycles.